The summed E-state index contributed by atoms with van der Waals surface area (Å²) in [5.74, 6) is 0.403. The summed E-state index contributed by atoms with van der Waals surface area (Å²) in [6.07, 6.45) is 7.85. The van der Waals surface area contributed by atoms with Crippen LogP contribution in [0.25, 0.3) is 0 Å². The summed E-state index contributed by atoms with van der Waals surface area (Å²) in [6, 6.07) is 15.5. The zero-order valence-corrected chi connectivity index (χ0v) is 24.4. The van der Waals surface area contributed by atoms with Crippen LogP contribution in [-0.4, -0.2) is 16.3 Å². The third-order valence-electron chi connectivity index (χ3n) is 3.84. The first-order valence-corrected chi connectivity index (χ1v) is 13.4. The van der Waals surface area contributed by atoms with Gasteiger partial charge in [-0.25, -0.2) is 0 Å². The summed E-state index contributed by atoms with van der Waals surface area (Å²) >= 11 is 4.28. The van der Waals surface area contributed by atoms with Gasteiger partial charge in [0.15, 0.2) is 0 Å². The molecule has 0 aliphatic rings. The molecule has 0 bridgehead atoms. The van der Waals surface area contributed by atoms with Gasteiger partial charge < -0.3 is 10.2 Å². The monoisotopic (exact) mass is 512 g/mol. The maximum absolute atomic E-state index is 9.11. The molecule has 0 aliphatic carbocycles. The molecule has 0 heterocycles. The minimum Gasteiger partial charge on any atom is -0.508 e. The fourth-order valence-electron chi connectivity index (χ4n) is 1.62. The van der Waals surface area contributed by atoms with Crippen molar-refractivity contribution in [2.45, 2.75) is 140 Å². The van der Waals surface area contributed by atoms with Crippen molar-refractivity contribution in [2.75, 3.05) is 0 Å². The lowest BCUT2D eigenvalue weighted by molar-refractivity contribution is 0.191. The molecular formula is C32H64O2S. The van der Waals surface area contributed by atoms with E-state index in [1.54, 1.807) is 13.0 Å². The second-order valence-electron chi connectivity index (χ2n) is 7.64. The highest BCUT2D eigenvalue weighted by Crippen LogP contribution is 2.15. The van der Waals surface area contributed by atoms with Gasteiger partial charge in [-0.3, -0.25) is 0 Å². The zero-order chi connectivity index (χ0) is 26.5. The van der Waals surface area contributed by atoms with Crippen molar-refractivity contribution in [3.8, 4) is 5.75 Å². The lowest BCUT2D eigenvalue weighted by Crippen LogP contribution is -1.93. The van der Waals surface area contributed by atoms with E-state index in [0.29, 0.717) is 5.75 Å². The number of aromatic hydroxyl groups is 1. The average Bonchev–Trinajstić information content (AvgIpc) is 2.82. The van der Waals surface area contributed by atoms with Crippen molar-refractivity contribution in [2.24, 2.45) is 0 Å². The first kappa shape index (κ1) is 46.8. The van der Waals surface area contributed by atoms with Crippen molar-refractivity contribution in [1.29, 1.82) is 0 Å². The molecule has 0 amide bonds. The Kier molecular flexibility index (Phi) is 53.2. The number of phenolic OH excluding ortho intramolecular Hbond substituents is 1. The Hall–Kier alpha value is -1.45. The number of phenols is 1. The second-order valence-corrected chi connectivity index (χ2v) is 8.12. The smallest absolute Gasteiger partial charge is 0.118 e. The zero-order valence-electron chi connectivity index (χ0n) is 23.5. The predicted molar refractivity (Wildman–Crippen MR) is 169 cm³/mol. The third-order valence-corrected chi connectivity index (χ3v) is 4.27. The lowest BCUT2D eigenvalue weighted by Gasteiger charge is -1.97. The third kappa shape index (κ3) is 40.0. The van der Waals surface area contributed by atoms with Crippen molar-refractivity contribution in [3.05, 3.63) is 59.7 Å². The van der Waals surface area contributed by atoms with Gasteiger partial charge in [0, 0.05) is 4.90 Å². The first-order chi connectivity index (χ1) is 15.7. The van der Waals surface area contributed by atoms with Crippen LogP contribution in [0.15, 0.2) is 53.4 Å². The number of hydrogen-bond acceptors (Lipinski definition) is 3. The molecule has 0 radical (unpaired) electrons. The molecule has 0 fully saturated rings. The highest BCUT2D eigenvalue weighted by molar-refractivity contribution is 7.80. The first-order valence-electron chi connectivity index (χ1n) is 12.9. The molecule has 1 atom stereocenters. The number of rotatable bonds is 4. The van der Waals surface area contributed by atoms with Crippen LogP contribution in [-0.2, 0) is 12.8 Å². The fraction of sp³-hybridized carbons (Fsp3) is 0.625. The highest BCUT2D eigenvalue weighted by atomic mass is 32.1. The van der Waals surface area contributed by atoms with Crippen molar-refractivity contribution in [3.63, 3.8) is 0 Å². The maximum Gasteiger partial charge on any atom is 0.118 e. The number of aryl methyl sites for hydroxylation is 2. The molecule has 35 heavy (non-hydrogen) atoms. The Balaban J connectivity index is -0.0000000759. The predicted octanol–water partition coefficient (Wildman–Crippen LogP) is 11.2. The lowest BCUT2D eigenvalue weighted by atomic mass is 10.1. The molecule has 0 aromatic heterocycles. The van der Waals surface area contributed by atoms with Gasteiger partial charge in [-0.2, -0.15) is 0 Å². The van der Waals surface area contributed by atoms with Gasteiger partial charge in [0.25, 0.3) is 0 Å². The van der Waals surface area contributed by atoms with Gasteiger partial charge >= 0.3 is 0 Å². The van der Waals surface area contributed by atoms with E-state index in [2.05, 4.69) is 67.2 Å². The van der Waals surface area contributed by atoms with E-state index < -0.39 is 0 Å². The molecule has 0 saturated heterocycles. The van der Waals surface area contributed by atoms with Gasteiger partial charge in [0.1, 0.15) is 5.75 Å². The molecule has 2 aromatic carbocycles. The Morgan fingerprint density at radius 3 is 1.17 bits per heavy atom. The summed E-state index contributed by atoms with van der Waals surface area (Å²) < 4.78 is 0. The largest absolute Gasteiger partial charge is 0.508 e. The van der Waals surface area contributed by atoms with Crippen LogP contribution in [0.3, 0.4) is 0 Å². The number of aliphatic hydroxyl groups excluding tert-OH is 1. The molecule has 1 unspecified atom stereocenters. The number of hydrogen-bond donors (Lipinski definition) is 3. The maximum atomic E-state index is 9.11. The van der Waals surface area contributed by atoms with E-state index in [0.717, 1.165) is 29.7 Å². The number of unbranched alkanes of at least 4 members (excludes halogenated alkanes) is 1. The molecule has 2 rings (SSSR count). The molecule has 2 nitrogen and oxygen atoms in total. The Morgan fingerprint density at radius 2 is 0.971 bits per heavy atom. The molecule has 0 saturated carbocycles. The number of para-hydroxylation sites is 1. The summed E-state index contributed by atoms with van der Waals surface area (Å²) in [5, 5.41) is 17.5. The minimum atomic E-state index is -0.116. The van der Waals surface area contributed by atoms with E-state index in [9.17, 15) is 0 Å². The van der Waals surface area contributed by atoms with Gasteiger partial charge in [-0.05, 0) is 49.4 Å². The quantitative estimate of drug-likeness (QED) is 0.356. The summed E-state index contributed by atoms with van der Waals surface area (Å²) in [4.78, 5) is 1.10. The van der Waals surface area contributed by atoms with Crippen LogP contribution in [0.5, 0.6) is 5.75 Å². The van der Waals surface area contributed by atoms with Gasteiger partial charge in [0.2, 0.25) is 0 Å². The van der Waals surface area contributed by atoms with Crippen molar-refractivity contribution >= 4 is 12.6 Å². The van der Waals surface area contributed by atoms with Gasteiger partial charge in [0.05, 0.1) is 6.10 Å². The SMILES string of the molecule is C.C.CCC.CCC.CCC(C)O.CCCC.CCc1ccccc1O.CCc1ccccc1S. The molecular weight excluding hydrogens is 448 g/mol. The van der Waals surface area contributed by atoms with Crippen molar-refractivity contribution < 1.29 is 10.2 Å². The average molecular weight is 513 g/mol. The molecule has 0 aliphatic heterocycles. The number of aliphatic hydroxyl groups is 1. The van der Waals surface area contributed by atoms with Gasteiger partial charge in [-0.1, -0.05) is 139 Å². The van der Waals surface area contributed by atoms with Crippen LogP contribution in [0.2, 0.25) is 0 Å². The Labute approximate surface area is 228 Å². The Morgan fingerprint density at radius 1 is 0.657 bits per heavy atom. The summed E-state index contributed by atoms with van der Waals surface area (Å²) in [7, 11) is 0. The van der Waals surface area contributed by atoms with Crippen LogP contribution >= 0.6 is 12.6 Å². The van der Waals surface area contributed by atoms with E-state index in [1.165, 1.54) is 31.2 Å². The summed E-state index contributed by atoms with van der Waals surface area (Å²) in [6.45, 7) is 20.7. The van der Waals surface area contributed by atoms with Crippen LogP contribution < -0.4 is 0 Å². The number of benzene rings is 2. The van der Waals surface area contributed by atoms with E-state index in [1.807, 2.05) is 50.2 Å². The number of thiol groups is 1. The minimum absolute atomic E-state index is 0. The van der Waals surface area contributed by atoms with Crippen LogP contribution in [0.4, 0.5) is 0 Å². The van der Waals surface area contributed by atoms with Crippen LogP contribution in [0.1, 0.15) is 127 Å². The van der Waals surface area contributed by atoms with E-state index in [4.69, 9.17) is 10.2 Å². The topological polar surface area (TPSA) is 40.5 Å². The Bertz CT molecular complexity index is 548. The second kappa shape index (κ2) is 39.8. The highest BCUT2D eigenvalue weighted by Gasteiger charge is 1.92. The van der Waals surface area contributed by atoms with E-state index in [-0.39, 0.29) is 21.0 Å². The normalized spacial score (nSPS) is 8.91. The molecule has 0 spiro atoms. The fourth-order valence-corrected chi connectivity index (χ4v) is 1.94. The molecule has 2 N–H and O–H groups in total. The van der Waals surface area contributed by atoms with Crippen LogP contribution in [0, 0.1) is 0 Å². The van der Waals surface area contributed by atoms with E-state index >= 15 is 0 Å². The summed E-state index contributed by atoms with van der Waals surface area (Å²) in [5.41, 5.74) is 2.33. The molecule has 2 aromatic rings. The molecule has 3 heteroatoms. The van der Waals surface area contributed by atoms with Crippen molar-refractivity contribution in [1.82, 2.24) is 0 Å². The standard InChI is InChI=1S/C8H10O.C8H10S.C4H10O.C4H10.2C3H8.2CH4/c2*1-2-7-5-3-4-6-8(7)9;1-3-4(2)5;1-3-4-2;2*1-3-2;;/h2*3-6,9H,2H2,1H3;4-5H,3H2,1-2H3;3-4H2,1-2H3;2*3H2,1-2H3;2*1H4. The van der Waals surface area contributed by atoms with Gasteiger partial charge in [-0.15, -0.1) is 12.6 Å². The molecule has 210 valence electrons.